The van der Waals surface area contributed by atoms with E-state index in [9.17, 15) is 0 Å². The second kappa shape index (κ2) is 5.93. The summed E-state index contributed by atoms with van der Waals surface area (Å²) in [5.74, 6) is 1.09. The topological polar surface area (TPSA) is 51.8 Å². The van der Waals surface area contributed by atoms with Gasteiger partial charge in [-0.05, 0) is 38.0 Å². The first kappa shape index (κ1) is 13.7. The van der Waals surface area contributed by atoms with E-state index in [-0.39, 0.29) is 5.92 Å². The van der Waals surface area contributed by atoms with Crippen molar-refractivity contribution in [1.29, 1.82) is 0 Å². The minimum Gasteiger partial charge on any atom is -0.330 e. The lowest BCUT2D eigenvalue weighted by atomic mass is 10.0. The molecule has 0 spiro atoms. The van der Waals surface area contributed by atoms with Gasteiger partial charge in [-0.1, -0.05) is 24.6 Å². The molecule has 1 unspecified atom stereocenters. The van der Waals surface area contributed by atoms with E-state index < -0.39 is 0 Å². The summed E-state index contributed by atoms with van der Waals surface area (Å²) in [5.41, 5.74) is 10.4. The van der Waals surface area contributed by atoms with Gasteiger partial charge in [-0.25, -0.2) is 9.97 Å². The Kier molecular flexibility index (Phi) is 4.27. The van der Waals surface area contributed by atoms with Crippen LogP contribution in [0, 0.1) is 13.8 Å². The molecule has 2 N–H and O–H groups in total. The van der Waals surface area contributed by atoms with Crippen molar-refractivity contribution in [2.24, 2.45) is 5.73 Å². The van der Waals surface area contributed by atoms with Crippen LogP contribution in [0.2, 0.25) is 0 Å². The fraction of sp³-hybridized carbons (Fsp3) is 0.375. The molecule has 2 aromatic rings. The largest absolute Gasteiger partial charge is 0.330 e. The van der Waals surface area contributed by atoms with Crippen LogP contribution in [0.25, 0.3) is 11.3 Å². The molecule has 19 heavy (non-hydrogen) atoms. The molecule has 0 amide bonds. The van der Waals surface area contributed by atoms with E-state index in [0.29, 0.717) is 6.54 Å². The molecule has 1 aromatic heterocycles. The lowest BCUT2D eigenvalue weighted by molar-refractivity contribution is 0.631. The normalized spacial score (nSPS) is 12.4. The second-order valence-electron chi connectivity index (χ2n) is 4.96. The van der Waals surface area contributed by atoms with Crippen LogP contribution >= 0.6 is 0 Å². The van der Waals surface area contributed by atoms with Crippen LogP contribution in [0.5, 0.6) is 0 Å². The van der Waals surface area contributed by atoms with Crippen molar-refractivity contribution in [1.82, 2.24) is 9.97 Å². The highest BCUT2D eigenvalue weighted by molar-refractivity contribution is 5.64. The van der Waals surface area contributed by atoms with Gasteiger partial charge in [0.1, 0.15) is 5.82 Å². The van der Waals surface area contributed by atoms with Gasteiger partial charge in [0.25, 0.3) is 0 Å². The van der Waals surface area contributed by atoms with E-state index in [4.69, 9.17) is 10.7 Å². The van der Waals surface area contributed by atoms with E-state index in [0.717, 1.165) is 17.9 Å². The van der Waals surface area contributed by atoms with Crippen molar-refractivity contribution in [2.75, 3.05) is 6.54 Å². The molecule has 0 bridgehead atoms. The summed E-state index contributed by atoms with van der Waals surface area (Å²) in [6, 6.07) is 8.39. The number of nitrogens with zero attached hydrogens (tertiary/aromatic N) is 2. The van der Waals surface area contributed by atoms with E-state index in [1.807, 2.05) is 12.3 Å². The van der Waals surface area contributed by atoms with Gasteiger partial charge in [0.15, 0.2) is 0 Å². The highest BCUT2D eigenvalue weighted by Gasteiger charge is 2.12. The third-order valence-electron chi connectivity index (χ3n) is 3.49. The van der Waals surface area contributed by atoms with Crippen molar-refractivity contribution in [3.8, 4) is 11.3 Å². The van der Waals surface area contributed by atoms with Crippen molar-refractivity contribution >= 4 is 0 Å². The smallest absolute Gasteiger partial charge is 0.133 e. The van der Waals surface area contributed by atoms with Crippen LogP contribution in [-0.4, -0.2) is 16.5 Å². The Hall–Kier alpha value is -1.74. The van der Waals surface area contributed by atoms with Crippen molar-refractivity contribution < 1.29 is 0 Å². The standard InChI is InChI=1S/C16H21N3/c1-4-13(10-17)16-18-8-7-15(19-16)14-9-11(2)5-6-12(14)3/h5-9,13H,4,10,17H2,1-3H3. The third kappa shape index (κ3) is 2.99. The Balaban J connectivity index is 2.45. The molecule has 0 fully saturated rings. The quantitative estimate of drug-likeness (QED) is 0.912. The fourth-order valence-corrected chi connectivity index (χ4v) is 2.19. The first-order chi connectivity index (χ1) is 9.15. The van der Waals surface area contributed by atoms with Gasteiger partial charge in [-0.15, -0.1) is 0 Å². The van der Waals surface area contributed by atoms with Gasteiger partial charge < -0.3 is 5.73 Å². The zero-order valence-corrected chi connectivity index (χ0v) is 11.9. The molecule has 1 aromatic carbocycles. The molecule has 3 nitrogen and oxygen atoms in total. The Bertz CT molecular complexity index is 560. The van der Waals surface area contributed by atoms with Gasteiger partial charge in [0.2, 0.25) is 0 Å². The number of aromatic nitrogens is 2. The van der Waals surface area contributed by atoms with Gasteiger partial charge in [0, 0.05) is 24.2 Å². The second-order valence-corrected chi connectivity index (χ2v) is 4.96. The maximum absolute atomic E-state index is 5.78. The fourth-order valence-electron chi connectivity index (χ4n) is 2.19. The van der Waals surface area contributed by atoms with Gasteiger partial charge in [-0.2, -0.15) is 0 Å². The molecule has 3 heteroatoms. The summed E-state index contributed by atoms with van der Waals surface area (Å²) in [5, 5.41) is 0. The van der Waals surface area contributed by atoms with Gasteiger partial charge in [-0.3, -0.25) is 0 Å². The summed E-state index contributed by atoms with van der Waals surface area (Å²) < 4.78 is 0. The molecule has 0 saturated carbocycles. The molecule has 0 aliphatic rings. The molecule has 2 rings (SSSR count). The van der Waals surface area contributed by atoms with E-state index in [1.54, 1.807) is 0 Å². The number of nitrogens with two attached hydrogens (primary N) is 1. The minimum atomic E-state index is 0.241. The summed E-state index contributed by atoms with van der Waals surface area (Å²) in [7, 11) is 0. The third-order valence-corrected chi connectivity index (χ3v) is 3.49. The lowest BCUT2D eigenvalue weighted by Gasteiger charge is -2.12. The van der Waals surface area contributed by atoms with Crippen LogP contribution in [0.3, 0.4) is 0 Å². The van der Waals surface area contributed by atoms with Crippen LogP contribution in [0.4, 0.5) is 0 Å². The number of hydrogen-bond donors (Lipinski definition) is 1. The molecule has 0 aliphatic heterocycles. The summed E-state index contributed by atoms with van der Waals surface area (Å²) in [6.07, 6.45) is 2.80. The molecular formula is C16H21N3. The molecular weight excluding hydrogens is 234 g/mol. The molecule has 0 saturated heterocycles. The number of hydrogen-bond acceptors (Lipinski definition) is 3. The number of rotatable bonds is 4. The van der Waals surface area contributed by atoms with Crippen LogP contribution in [0.1, 0.15) is 36.2 Å². The van der Waals surface area contributed by atoms with E-state index in [1.165, 1.54) is 16.7 Å². The Morgan fingerprint density at radius 1 is 1.21 bits per heavy atom. The lowest BCUT2D eigenvalue weighted by Crippen LogP contribution is -2.14. The molecule has 1 atom stereocenters. The van der Waals surface area contributed by atoms with Crippen molar-refractivity contribution in [2.45, 2.75) is 33.1 Å². The van der Waals surface area contributed by atoms with Crippen molar-refractivity contribution in [3.05, 3.63) is 47.4 Å². The SMILES string of the molecule is CCC(CN)c1nccc(-c2cc(C)ccc2C)n1. The van der Waals surface area contributed by atoms with Crippen LogP contribution in [0.15, 0.2) is 30.5 Å². The minimum absolute atomic E-state index is 0.241. The zero-order valence-electron chi connectivity index (χ0n) is 11.9. The average molecular weight is 255 g/mol. The van der Waals surface area contributed by atoms with Gasteiger partial charge in [0.05, 0.1) is 5.69 Å². The molecule has 100 valence electrons. The van der Waals surface area contributed by atoms with Crippen molar-refractivity contribution in [3.63, 3.8) is 0 Å². The summed E-state index contributed by atoms with van der Waals surface area (Å²) in [4.78, 5) is 9.06. The predicted molar refractivity (Wildman–Crippen MR) is 79.0 cm³/mol. The molecule has 0 radical (unpaired) electrons. The Morgan fingerprint density at radius 3 is 2.68 bits per heavy atom. The van der Waals surface area contributed by atoms with E-state index in [2.05, 4.69) is 44.0 Å². The first-order valence-corrected chi connectivity index (χ1v) is 6.76. The van der Waals surface area contributed by atoms with Crippen LogP contribution in [-0.2, 0) is 0 Å². The van der Waals surface area contributed by atoms with Gasteiger partial charge >= 0.3 is 0 Å². The number of benzene rings is 1. The molecule has 1 heterocycles. The molecule has 0 aliphatic carbocycles. The predicted octanol–water partition coefficient (Wildman–Crippen LogP) is 3.21. The maximum Gasteiger partial charge on any atom is 0.133 e. The number of aryl methyl sites for hydroxylation is 2. The highest BCUT2D eigenvalue weighted by Crippen LogP contribution is 2.24. The highest BCUT2D eigenvalue weighted by atomic mass is 14.9. The zero-order chi connectivity index (χ0) is 13.8. The maximum atomic E-state index is 5.78. The monoisotopic (exact) mass is 255 g/mol. The first-order valence-electron chi connectivity index (χ1n) is 6.76. The van der Waals surface area contributed by atoms with Crippen LogP contribution < -0.4 is 5.73 Å². The average Bonchev–Trinajstić information content (AvgIpc) is 2.43. The Morgan fingerprint density at radius 2 is 2.00 bits per heavy atom. The summed E-state index contributed by atoms with van der Waals surface area (Å²) in [6.45, 7) is 6.91. The summed E-state index contributed by atoms with van der Waals surface area (Å²) >= 11 is 0. The van der Waals surface area contributed by atoms with E-state index >= 15 is 0 Å². The Labute approximate surface area is 114 Å².